The molecule has 0 spiro atoms. The third-order valence-corrected chi connectivity index (χ3v) is 3.37. The summed E-state index contributed by atoms with van der Waals surface area (Å²) in [5.74, 6) is 0.505. The maximum absolute atomic E-state index is 4.17. The zero-order valence-corrected chi connectivity index (χ0v) is 9.19. The SMILES string of the molecule is C=C1CC(c2ccccc2)c2ccccc21. The Morgan fingerprint density at radius 1 is 0.875 bits per heavy atom. The average molecular weight is 206 g/mol. The van der Waals surface area contributed by atoms with E-state index < -0.39 is 0 Å². The van der Waals surface area contributed by atoms with Gasteiger partial charge in [0, 0.05) is 5.92 Å². The minimum absolute atomic E-state index is 0.505. The van der Waals surface area contributed by atoms with Crippen LogP contribution in [0, 0.1) is 0 Å². The molecule has 2 aromatic carbocycles. The van der Waals surface area contributed by atoms with Gasteiger partial charge in [-0.2, -0.15) is 0 Å². The summed E-state index contributed by atoms with van der Waals surface area (Å²) in [4.78, 5) is 0. The van der Waals surface area contributed by atoms with Gasteiger partial charge in [-0.25, -0.2) is 0 Å². The number of allylic oxidation sites excluding steroid dienone is 1. The standard InChI is InChI=1S/C16H14/c1-12-11-16(13-7-3-2-4-8-13)15-10-6-5-9-14(12)15/h2-10,16H,1,11H2. The van der Waals surface area contributed by atoms with E-state index in [0.717, 1.165) is 6.42 Å². The lowest BCUT2D eigenvalue weighted by molar-refractivity contribution is 0.882. The third-order valence-electron chi connectivity index (χ3n) is 3.37. The summed E-state index contributed by atoms with van der Waals surface area (Å²) >= 11 is 0. The van der Waals surface area contributed by atoms with Gasteiger partial charge in [0.1, 0.15) is 0 Å². The van der Waals surface area contributed by atoms with E-state index in [1.165, 1.54) is 22.3 Å². The van der Waals surface area contributed by atoms with Gasteiger partial charge in [-0.05, 0) is 28.7 Å². The second-order valence-electron chi connectivity index (χ2n) is 4.36. The Balaban J connectivity index is 2.11. The van der Waals surface area contributed by atoms with Crippen LogP contribution in [-0.2, 0) is 0 Å². The van der Waals surface area contributed by atoms with Crippen molar-refractivity contribution in [3.8, 4) is 0 Å². The summed E-state index contributed by atoms with van der Waals surface area (Å²) in [6.45, 7) is 4.17. The summed E-state index contributed by atoms with van der Waals surface area (Å²) in [5, 5.41) is 0. The van der Waals surface area contributed by atoms with E-state index in [-0.39, 0.29) is 0 Å². The summed E-state index contributed by atoms with van der Waals surface area (Å²) in [6.07, 6.45) is 1.06. The van der Waals surface area contributed by atoms with Crippen molar-refractivity contribution in [1.29, 1.82) is 0 Å². The molecule has 0 bridgehead atoms. The van der Waals surface area contributed by atoms with Crippen molar-refractivity contribution in [3.63, 3.8) is 0 Å². The van der Waals surface area contributed by atoms with E-state index in [2.05, 4.69) is 61.2 Å². The molecule has 0 saturated heterocycles. The molecule has 0 nitrogen and oxygen atoms in total. The Morgan fingerprint density at radius 3 is 2.38 bits per heavy atom. The highest BCUT2D eigenvalue weighted by Crippen LogP contribution is 2.43. The monoisotopic (exact) mass is 206 g/mol. The number of benzene rings is 2. The van der Waals surface area contributed by atoms with Gasteiger partial charge in [-0.1, -0.05) is 61.2 Å². The second kappa shape index (κ2) is 3.64. The lowest BCUT2D eigenvalue weighted by Crippen LogP contribution is -1.94. The highest BCUT2D eigenvalue weighted by Gasteiger charge is 2.25. The molecule has 0 saturated carbocycles. The van der Waals surface area contributed by atoms with E-state index in [0.29, 0.717) is 5.92 Å². The first kappa shape index (κ1) is 9.41. The summed E-state index contributed by atoms with van der Waals surface area (Å²) in [5.41, 5.74) is 5.44. The van der Waals surface area contributed by atoms with Crippen LogP contribution in [0.4, 0.5) is 0 Å². The van der Waals surface area contributed by atoms with Crippen LogP contribution in [0.2, 0.25) is 0 Å². The molecule has 0 amide bonds. The van der Waals surface area contributed by atoms with Crippen molar-refractivity contribution >= 4 is 5.57 Å². The fourth-order valence-corrected chi connectivity index (χ4v) is 2.57. The lowest BCUT2D eigenvalue weighted by Gasteiger charge is -2.10. The number of fused-ring (bicyclic) bond motifs is 1. The molecule has 1 aliphatic rings. The van der Waals surface area contributed by atoms with Crippen molar-refractivity contribution in [3.05, 3.63) is 77.9 Å². The van der Waals surface area contributed by atoms with Crippen molar-refractivity contribution in [2.24, 2.45) is 0 Å². The van der Waals surface area contributed by atoms with Crippen LogP contribution < -0.4 is 0 Å². The van der Waals surface area contributed by atoms with Crippen molar-refractivity contribution in [2.75, 3.05) is 0 Å². The van der Waals surface area contributed by atoms with Gasteiger partial charge in [-0.3, -0.25) is 0 Å². The highest BCUT2D eigenvalue weighted by molar-refractivity contribution is 5.73. The summed E-state index contributed by atoms with van der Waals surface area (Å²) in [6, 6.07) is 19.3. The van der Waals surface area contributed by atoms with Crippen LogP contribution in [0.5, 0.6) is 0 Å². The van der Waals surface area contributed by atoms with Crippen LogP contribution in [0.1, 0.15) is 29.0 Å². The zero-order valence-electron chi connectivity index (χ0n) is 9.19. The van der Waals surface area contributed by atoms with Gasteiger partial charge < -0.3 is 0 Å². The molecule has 0 radical (unpaired) electrons. The Kier molecular flexibility index (Phi) is 2.14. The van der Waals surface area contributed by atoms with E-state index in [9.17, 15) is 0 Å². The topological polar surface area (TPSA) is 0 Å². The molecular formula is C16H14. The maximum Gasteiger partial charge on any atom is 0.0136 e. The first-order valence-corrected chi connectivity index (χ1v) is 5.68. The quantitative estimate of drug-likeness (QED) is 0.654. The van der Waals surface area contributed by atoms with E-state index >= 15 is 0 Å². The molecule has 0 fully saturated rings. The minimum atomic E-state index is 0.505. The molecule has 16 heavy (non-hydrogen) atoms. The van der Waals surface area contributed by atoms with E-state index in [1.807, 2.05) is 0 Å². The number of hydrogen-bond donors (Lipinski definition) is 0. The largest absolute Gasteiger partial charge is 0.0952 e. The van der Waals surface area contributed by atoms with Crippen LogP contribution >= 0.6 is 0 Å². The van der Waals surface area contributed by atoms with E-state index in [4.69, 9.17) is 0 Å². The third kappa shape index (κ3) is 1.38. The molecule has 1 atom stereocenters. The molecule has 0 aliphatic heterocycles. The van der Waals surface area contributed by atoms with Crippen LogP contribution in [0.25, 0.3) is 5.57 Å². The van der Waals surface area contributed by atoms with Gasteiger partial charge in [0.05, 0.1) is 0 Å². The molecular weight excluding hydrogens is 192 g/mol. The molecule has 1 unspecified atom stereocenters. The van der Waals surface area contributed by atoms with Crippen LogP contribution in [0.15, 0.2) is 61.2 Å². The lowest BCUT2D eigenvalue weighted by atomic mass is 9.93. The first-order valence-electron chi connectivity index (χ1n) is 5.68. The average Bonchev–Trinajstić information content (AvgIpc) is 2.69. The maximum atomic E-state index is 4.17. The Bertz CT molecular complexity index is 523. The highest BCUT2D eigenvalue weighted by atomic mass is 14.3. The molecule has 3 rings (SSSR count). The second-order valence-corrected chi connectivity index (χ2v) is 4.36. The first-order chi connectivity index (χ1) is 7.86. The number of hydrogen-bond acceptors (Lipinski definition) is 0. The molecule has 0 heteroatoms. The van der Waals surface area contributed by atoms with Gasteiger partial charge in [-0.15, -0.1) is 0 Å². The number of rotatable bonds is 1. The van der Waals surface area contributed by atoms with Crippen molar-refractivity contribution < 1.29 is 0 Å². The van der Waals surface area contributed by atoms with Gasteiger partial charge in [0.25, 0.3) is 0 Å². The van der Waals surface area contributed by atoms with Crippen molar-refractivity contribution in [2.45, 2.75) is 12.3 Å². The Hall–Kier alpha value is -1.82. The normalized spacial score (nSPS) is 18.5. The van der Waals surface area contributed by atoms with E-state index in [1.54, 1.807) is 0 Å². The minimum Gasteiger partial charge on any atom is -0.0952 e. The Labute approximate surface area is 96.3 Å². The smallest absolute Gasteiger partial charge is 0.0136 e. The van der Waals surface area contributed by atoms with Gasteiger partial charge in [0.15, 0.2) is 0 Å². The Morgan fingerprint density at radius 2 is 1.56 bits per heavy atom. The van der Waals surface area contributed by atoms with Crippen molar-refractivity contribution in [1.82, 2.24) is 0 Å². The van der Waals surface area contributed by atoms with Gasteiger partial charge in [0.2, 0.25) is 0 Å². The molecule has 0 aromatic heterocycles. The summed E-state index contributed by atoms with van der Waals surface area (Å²) in [7, 11) is 0. The molecule has 2 aromatic rings. The predicted octanol–water partition coefficient (Wildman–Crippen LogP) is 4.24. The fourth-order valence-electron chi connectivity index (χ4n) is 2.57. The molecule has 78 valence electrons. The van der Waals surface area contributed by atoms with Crippen LogP contribution in [-0.4, -0.2) is 0 Å². The predicted molar refractivity (Wildman–Crippen MR) is 68.4 cm³/mol. The van der Waals surface area contributed by atoms with Gasteiger partial charge >= 0.3 is 0 Å². The molecule has 1 aliphatic carbocycles. The fraction of sp³-hybridized carbons (Fsp3) is 0.125. The molecule has 0 N–H and O–H groups in total. The van der Waals surface area contributed by atoms with Crippen LogP contribution in [0.3, 0.4) is 0 Å². The molecule has 0 heterocycles. The summed E-state index contributed by atoms with van der Waals surface area (Å²) < 4.78 is 0. The zero-order chi connectivity index (χ0) is 11.0.